The molecule has 16 heavy (non-hydrogen) atoms. The second kappa shape index (κ2) is 3.58. The number of nitriles is 1. The Morgan fingerprint density at radius 1 is 1.31 bits per heavy atom. The minimum atomic E-state index is -3.31. The predicted octanol–water partition coefficient (Wildman–Crippen LogP) is 0.844. The Hall–Kier alpha value is -1.38. The summed E-state index contributed by atoms with van der Waals surface area (Å²) in [6, 6.07) is 10.2. The lowest BCUT2D eigenvalue weighted by molar-refractivity contribution is 0.326. The van der Waals surface area contributed by atoms with Gasteiger partial charge in [0, 0.05) is 0 Å². The third-order valence-electron chi connectivity index (χ3n) is 2.92. The maximum atomic E-state index is 12.1. The van der Waals surface area contributed by atoms with Crippen molar-refractivity contribution in [3.63, 3.8) is 0 Å². The Bertz CT molecular complexity index is 525. The minimum Gasteiger partial charge on any atom is -0.313 e. The molecule has 0 heterocycles. The Balaban J connectivity index is 2.22. The zero-order valence-electron chi connectivity index (χ0n) is 8.63. The molecule has 0 aliphatic heterocycles. The molecule has 2 N–H and O–H groups in total. The van der Waals surface area contributed by atoms with Crippen LogP contribution in [0.1, 0.15) is 12.8 Å². The first-order chi connectivity index (χ1) is 7.48. The summed E-state index contributed by atoms with van der Waals surface area (Å²) in [6.45, 7) is 0. The summed E-state index contributed by atoms with van der Waals surface area (Å²) >= 11 is 0. The van der Waals surface area contributed by atoms with Crippen molar-refractivity contribution in [1.29, 1.82) is 5.26 Å². The number of hydrogen-bond acceptors (Lipinski definition) is 4. The summed E-state index contributed by atoms with van der Waals surface area (Å²) in [5.41, 5.74) is 4.69. The molecule has 1 fully saturated rings. The lowest BCUT2D eigenvalue weighted by atomic mass is 9.78. The van der Waals surface area contributed by atoms with Crippen LogP contribution in [0.5, 0.6) is 0 Å². The molecule has 0 amide bonds. The summed E-state index contributed by atoms with van der Waals surface area (Å²) in [5.74, 6) is 0. The molecule has 0 saturated heterocycles. The van der Waals surface area contributed by atoms with Crippen molar-refractivity contribution < 1.29 is 8.42 Å². The van der Waals surface area contributed by atoms with Crippen LogP contribution >= 0.6 is 0 Å². The first-order valence-corrected chi connectivity index (χ1v) is 6.52. The molecule has 0 atom stereocenters. The molecule has 5 heteroatoms. The van der Waals surface area contributed by atoms with E-state index < -0.39 is 20.6 Å². The highest BCUT2D eigenvalue weighted by Crippen LogP contribution is 2.37. The molecular formula is C11H12N2O2S. The van der Waals surface area contributed by atoms with Crippen molar-refractivity contribution in [2.75, 3.05) is 0 Å². The summed E-state index contributed by atoms with van der Waals surface area (Å²) in [5, 5.41) is 8.22. The van der Waals surface area contributed by atoms with Gasteiger partial charge in [0.1, 0.15) is 5.54 Å². The van der Waals surface area contributed by atoms with Crippen LogP contribution in [0, 0.1) is 11.3 Å². The molecule has 0 spiro atoms. The SMILES string of the molecule is N#CC1(N)CC(S(=O)(=O)c2ccccc2)C1. The van der Waals surface area contributed by atoms with Crippen LogP contribution in [0.25, 0.3) is 0 Å². The van der Waals surface area contributed by atoms with Gasteiger partial charge in [0.15, 0.2) is 9.84 Å². The Morgan fingerprint density at radius 2 is 1.88 bits per heavy atom. The van der Waals surface area contributed by atoms with Gasteiger partial charge in [-0.05, 0) is 25.0 Å². The zero-order chi connectivity index (χ0) is 11.8. The number of sulfone groups is 1. The van der Waals surface area contributed by atoms with Crippen LogP contribution in [0.3, 0.4) is 0 Å². The van der Waals surface area contributed by atoms with Crippen LogP contribution < -0.4 is 5.73 Å². The summed E-state index contributed by atoms with van der Waals surface area (Å²) in [7, 11) is -3.31. The van der Waals surface area contributed by atoms with E-state index >= 15 is 0 Å². The lowest BCUT2D eigenvalue weighted by Crippen LogP contribution is -2.55. The first kappa shape index (κ1) is 11.1. The Kier molecular flexibility index (Phi) is 2.49. The lowest BCUT2D eigenvalue weighted by Gasteiger charge is -2.38. The van der Waals surface area contributed by atoms with Gasteiger partial charge in [-0.3, -0.25) is 0 Å². The van der Waals surface area contributed by atoms with E-state index in [-0.39, 0.29) is 12.8 Å². The van der Waals surface area contributed by atoms with Crippen LogP contribution in [0.4, 0.5) is 0 Å². The second-order valence-corrected chi connectivity index (χ2v) is 6.38. The third-order valence-corrected chi connectivity index (χ3v) is 5.06. The number of nitrogens with two attached hydrogens (primary N) is 1. The first-order valence-electron chi connectivity index (χ1n) is 4.97. The van der Waals surface area contributed by atoms with Crippen molar-refractivity contribution in [3.8, 4) is 6.07 Å². The molecule has 4 nitrogen and oxygen atoms in total. The standard InChI is InChI=1S/C11H12N2O2S/c12-8-11(13)6-10(7-11)16(14,15)9-4-2-1-3-5-9/h1-5,10H,6-7,13H2. The van der Waals surface area contributed by atoms with E-state index in [1.807, 2.05) is 6.07 Å². The van der Waals surface area contributed by atoms with Gasteiger partial charge < -0.3 is 5.73 Å². The minimum absolute atomic E-state index is 0.223. The molecule has 0 aromatic heterocycles. The third kappa shape index (κ3) is 1.70. The van der Waals surface area contributed by atoms with Gasteiger partial charge in [-0.25, -0.2) is 8.42 Å². The molecule has 84 valence electrons. The van der Waals surface area contributed by atoms with Crippen molar-refractivity contribution in [1.82, 2.24) is 0 Å². The number of nitrogens with zero attached hydrogens (tertiary/aromatic N) is 1. The highest BCUT2D eigenvalue weighted by molar-refractivity contribution is 7.92. The second-order valence-electron chi connectivity index (χ2n) is 4.16. The molecule has 1 aromatic rings. The molecule has 1 aliphatic rings. The van der Waals surface area contributed by atoms with E-state index in [0.29, 0.717) is 4.90 Å². The highest BCUT2D eigenvalue weighted by atomic mass is 32.2. The smallest absolute Gasteiger partial charge is 0.181 e. The monoisotopic (exact) mass is 236 g/mol. The quantitative estimate of drug-likeness (QED) is 0.824. The largest absolute Gasteiger partial charge is 0.313 e. The van der Waals surface area contributed by atoms with Crippen LogP contribution in [0.15, 0.2) is 35.2 Å². The summed E-state index contributed by atoms with van der Waals surface area (Å²) < 4.78 is 24.1. The maximum Gasteiger partial charge on any atom is 0.181 e. The number of benzene rings is 1. The van der Waals surface area contributed by atoms with Gasteiger partial charge in [-0.15, -0.1) is 0 Å². The van der Waals surface area contributed by atoms with E-state index in [0.717, 1.165) is 0 Å². The van der Waals surface area contributed by atoms with Gasteiger partial charge in [0.05, 0.1) is 16.2 Å². The molecule has 1 aliphatic carbocycles. The average molecular weight is 236 g/mol. The fourth-order valence-electron chi connectivity index (χ4n) is 1.87. The van der Waals surface area contributed by atoms with Crippen molar-refractivity contribution in [2.24, 2.45) is 5.73 Å². The van der Waals surface area contributed by atoms with E-state index in [1.54, 1.807) is 30.3 Å². The average Bonchev–Trinajstić information content (AvgIpc) is 2.26. The van der Waals surface area contributed by atoms with Crippen molar-refractivity contribution in [2.45, 2.75) is 28.5 Å². The molecule has 0 radical (unpaired) electrons. The van der Waals surface area contributed by atoms with Crippen LogP contribution in [-0.4, -0.2) is 19.2 Å². The normalized spacial score (nSPS) is 29.1. The summed E-state index contributed by atoms with van der Waals surface area (Å²) in [4.78, 5) is 0.306. The van der Waals surface area contributed by atoms with Gasteiger partial charge >= 0.3 is 0 Å². The van der Waals surface area contributed by atoms with E-state index in [1.165, 1.54) is 0 Å². The van der Waals surface area contributed by atoms with E-state index in [4.69, 9.17) is 11.0 Å². The Labute approximate surface area is 94.6 Å². The molecular weight excluding hydrogens is 224 g/mol. The molecule has 0 unspecified atom stereocenters. The highest BCUT2D eigenvalue weighted by Gasteiger charge is 2.48. The van der Waals surface area contributed by atoms with Crippen LogP contribution in [-0.2, 0) is 9.84 Å². The van der Waals surface area contributed by atoms with Crippen molar-refractivity contribution in [3.05, 3.63) is 30.3 Å². The van der Waals surface area contributed by atoms with Gasteiger partial charge in [-0.1, -0.05) is 18.2 Å². The number of hydrogen-bond donors (Lipinski definition) is 1. The molecule has 0 bridgehead atoms. The van der Waals surface area contributed by atoms with Crippen molar-refractivity contribution >= 4 is 9.84 Å². The number of rotatable bonds is 2. The van der Waals surface area contributed by atoms with Gasteiger partial charge in [0.2, 0.25) is 0 Å². The van der Waals surface area contributed by atoms with E-state index in [2.05, 4.69) is 0 Å². The van der Waals surface area contributed by atoms with Gasteiger partial charge in [0.25, 0.3) is 0 Å². The fourth-order valence-corrected chi connectivity index (χ4v) is 3.82. The van der Waals surface area contributed by atoms with E-state index in [9.17, 15) is 8.42 Å². The Morgan fingerprint density at radius 3 is 2.38 bits per heavy atom. The topological polar surface area (TPSA) is 83.9 Å². The molecule has 2 rings (SSSR count). The molecule has 1 saturated carbocycles. The van der Waals surface area contributed by atoms with Crippen LogP contribution in [0.2, 0.25) is 0 Å². The van der Waals surface area contributed by atoms with Gasteiger partial charge in [-0.2, -0.15) is 5.26 Å². The predicted molar refractivity (Wildman–Crippen MR) is 59.2 cm³/mol. The fraction of sp³-hybridized carbons (Fsp3) is 0.364. The molecule has 1 aromatic carbocycles. The summed E-state index contributed by atoms with van der Waals surface area (Å²) in [6.07, 6.45) is 0.446. The zero-order valence-corrected chi connectivity index (χ0v) is 9.44. The maximum absolute atomic E-state index is 12.1.